The molecule has 1 N–H and O–H groups in total. The van der Waals surface area contributed by atoms with Gasteiger partial charge in [-0.1, -0.05) is 66.7 Å². The molecule has 24 heavy (non-hydrogen) atoms. The highest BCUT2D eigenvalue weighted by atomic mass is 31.2. The number of rotatable bonds is 5. The minimum atomic E-state index is -2.93. The van der Waals surface area contributed by atoms with Gasteiger partial charge in [-0.2, -0.15) is 0 Å². The zero-order valence-electron chi connectivity index (χ0n) is 14.0. The summed E-state index contributed by atoms with van der Waals surface area (Å²) >= 11 is 0. The molecule has 3 heteroatoms. The summed E-state index contributed by atoms with van der Waals surface area (Å²) in [7, 11) is -2.93. The Hall–Kier alpha value is -2.15. The van der Waals surface area contributed by atoms with E-state index < -0.39 is 7.29 Å². The maximum Gasteiger partial charge on any atom is 0.205 e. The van der Waals surface area contributed by atoms with Gasteiger partial charge in [0.2, 0.25) is 7.29 Å². The van der Waals surface area contributed by atoms with E-state index in [1.165, 1.54) is 0 Å². The van der Waals surface area contributed by atoms with Crippen molar-refractivity contribution in [2.75, 3.05) is 0 Å². The summed E-state index contributed by atoms with van der Waals surface area (Å²) in [6.45, 7) is 4.07. The second kappa shape index (κ2) is 7.17. The second-order valence-corrected chi connectivity index (χ2v) is 8.47. The number of nitrogens with one attached hydrogen (secondary N) is 1. The smallest absolute Gasteiger partial charge is 0.205 e. The second-order valence-electron chi connectivity index (χ2n) is 5.99. The predicted molar refractivity (Wildman–Crippen MR) is 102 cm³/mol. The summed E-state index contributed by atoms with van der Waals surface area (Å²) in [4.78, 5) is 0. The third-order valence-electron chi connectivity index (χ3n) is 4.25. The van der Waals surface area contributed by atoms with Crippen LogP contribution in [0.25, 0.3) is 0 Å². The summed E-state index contributed by atoms with van der Waals surface area (Å²) in [6.07, 6.45) is 0. The number of aryl methyl sites for hydroxylation is 1. The fourth-order valence-corrected chi connectivity index (χ4v) is 5.65. The third kappa shape index (κ3) is 3.36. The van der Waals surface area contributed by atoms with Crippen molar-refractivity contribution in [1.82, 2.24) is 5.09 Å². The van der Waals surface area contributed by atoms with Gasteiger partial charge >= 0.3 is 0 Å². The topological polar surface area (TPSA) is 29.1 Å². The van der Waals surface area contributed by atoms with Gasteiger partial charge in [-0.15, -0.1) is 0 Å². The molecule has 0 aliphatic carbocycles. The Balaban J connectivity index is 2.07. The van der Waals surface area contributed by atoms with Gasteiger partial charge in [0.1, 0.15) is 0 Å². The Labute approximate surface area is 144 Å². The molecule has 0 spiro atoms. The van der Waals surface area contributed by atoms with Crippen molar-refractivity contribution in [1.29, 1.82) is 0 Å². The van der Waals surface area contributed by atoms with Crippen molar-refractivity contribution >= 4 is 17.9 Å². The Kier molecular flexibility index (Phi) is 4.99. The van der Waals surface area contributed by atoms with Crippen LogP contribution in [0.1, 0.15) is 24.1 Å². The van der Waals surface area contributed by atoms with Gasteiger partial charge in [0, 0.05) is 16.7 Å². The Morgan fingerprint density at radius 2 is 1.33 bits per heavy atom. The number of benzene rings is 3. The largest absolute Gasteiger partial charge is 0.296 e. The molecular weight excluding hydrogens is 313 g/mol. The van der Waals surface area contributed by atoms with E-state index in [-0.39, 0.29) is 6.04 Å². The summed E-state index contributed by atoms with van der Waals surface area (Å²) in [5, 5.41) is 5.15. The van der Waals surface area contributed by atoms with Crippen LogP contribution in [0.4, 0.5) is 0 Å². The third-order valence-corrected chi connectivity index (χ3v) is 7.21. The molecular formula is C21H22NOP. The van der Waals surface area contributed by atoms with E-state index in [2.05, 4.69) is 24.1 Å². The summed E-state index contributed by atoms with van der Waals surface area (Å²) in [5.41, 5.74) is 2.17. The molecule has 2 nitrogen and oxygen atoms in total. The van der Waals surface area contributed by atoms with Crippen molar-refractivity contribution in [2.45, 2.75) is 19.9 Å². The lowest BCUT2D eigenvalue weighted by Crippen LogP contribution is -2.30. The van der Waals surface area contributed by atoms with Gasteiger partial charge in [0.05, 0.1) is 0 Å². The highest BCUT2D eigenvalue weighted by molar-refractivity contribution is 7.77. The van der Waals surface area contributed by atoms with Crippen LogP contribution in [-0.2, 0) is 4.57 Å². The first-order valence-electron chi connectivity index (χ1n) is 8.16. The maximum absolute atomic E-state index is 14.1. The first-order chi connectivity index (χ1) is 11.6. The minimum Gasteiger partial charge on any atom is -0.296 e. The highest BCUT2D eigenvalue weighted by Gasteiger charge is 2.30. The summed E-state index contributed by atoms with van der Waals surface area (Å²) < 4.78 is 14.1. The Bertz CT molecular complexity index is 846. The van der Waals surface area contributed by atoms with E-state index in [1.54, 1.807) is 0 Å². The molecule has 0 radical (unpaired) electrons. The lowest BCUT2D eigenvalue weighted by molar-refractivity contribution is 0.568. The van der Waals surface area contributed by atoms with E-state index in [0.717, 1.165) is 21.7 Å². The van der Waals surface area contributed by atoms with Crippen molar-refractivity contribution in [3.05, 3.63) is 96.1 Å². The van der Waals surface area contributed by atoms with Gasteiger partial charge in [-0.05, 0) is 43.2 Å². The molecule has 2 unspecified atom stereocenters. The van der Waals surface area contributed by atoms with Crippen LogP contribution in [0.5, 0.6) is 0 Å². The fourth-order valence-electron chi connectivity index (χ4n) is 2.93. The normalized spacial score (nSPS) is 14.8. The van der Waals surface area contributed by atoms with Crippen molar-refractivity contribution in [2.24, 2.45) is 0 Å². The molecule has 0 aliphatic rings. The summed E-state index contributed by atoms with van der Waals surface area (Å²) in [6, 6.07) is 27.7. The summed E-state index contributed by atoms with van der Waals surface area (Å²) in [5.74, 6) is 0. The van der Waals surface area contributed by atoms with E-state index in [4.69, 9.17) is 0 Å². The van der Waals surface area contributed by atoms with Crippen LogP contribution in [-0.4, -0.2) is 0 Å². The SMILES string of the molecule is Cc1ccccc1P(=O)(NC(C)c1ccccc1)c1ccccc1. The van der Waals surface area contributed by atoms with E-state index in [0.29, 0.717) is 0 Å². The molecule has 122 valence electrons. The molecule has 3 rings (SSSR count). The zero-order valence-corrected chi connectivity index (χ0v) is 14.9. The van der Waals surface area contributed by atoms with Crippen molar-refractivity contribution in [3.8, 4) is 0 Å². The lowest BCUT2D eigenvalue weighted by Gasteiger charge is -2.26. The van der Waals surface area contributed by atoms with Crippen LogP contribution in [0.2, 0.25) is 0 Å². The monoisotopic (exact) mass is 335 g/mol. The maximum atomic E-state index is 14.1. The van der Waals surface area contributed by atoms with Crippen LogP contribution >= 0.6 is 7.29 Å². The van der Waals surface area contributed by atoms with Crippen LogP contribution in [0, 0.1) is 6.92 Å². The van der Waals surface area contributed by atoms with E-state index >= 15 is 0 Å². The lowest BCUT2D eigenvalue weighted by atomic mass is 10.1. The van der Waals surface area contributed by atoms with Crippen molar-refractivity contribution in [3.63, 3.8) is 0 Å². The molecule has 0 aliphatic heterocycles. The molecule has 0 fully saturated rings. The molecule has 0 saturated carbocycles. The van der Waals surface area contributed by atoms with Gasteiger partial charge in [0.15, 0.2) is 0 Å². The van der Waals surface area contributed by atoms with Crippen molar-refractivity contribution < 1.29 is 4.57 Å². The molecule has 0 saturated heterocycles. The standard InChI is InChI=1S/C21H22NOP/c1-17-11-9-10-16-21(17)24(23,20-14-7-4-8-15-20)22-18(2)19-12-5-3-6-13-19/h3-16,18H,1-2H3,(H,22,23). The first-order valence-corrected chi connectivity index (χ1v) is 9.86. The Morgan fingerprint density at radius 3 is 1.96 bits per heavy atom. The molecule has 0 aromatic heterocycles. The minimum absolute atomic E-state index is 0.0168. The number of hydrogen-bond donors (Lipinski definition) is 1. The predicted octanol–water partition coefficient (Wildman–Crippen LogP) is 4.57. The molecule has 0 bridgehead atoms. The molecule has 0 amide bonds. The molecule has 2 atom stereocenters. The quantitative estimate of drug-likeness (QED) is 0.692. The van der Waals surface area contributed by atoms with E-state index in [9.17, 15) is 4.57 Å². The van der Waals surface area contributed by atoms with Crippen LogP contribution in [0.15, 0.2) is 84.9 Å². The number of hydrogen-bond acceptors (Lipinski definition) is 1. The van der Waals surface area contributed by atoms with Gasteiger partial charge in [-0.25, -0.2) is 0 Å². The zero-order chi connectivity index (χ0) is 17.0. The average Bonchev–Trinajstić information content (AvgIpc) is 2.63. The first kappa shape index (κ1) is 16.7. The van der Waals surface area contributed by atoms with Crippen LogP contribution < -0.4 is 15.7 Å². The average molecular weight is 335 g/mol. The highest BCUT2D eigenvalue weighted by Crippen LogP contribution is 2.42. The molecule has 3 aromatic rings. The van der Waals surface area contributed by atoms with Gasteiger partial charge < -0.3 is 0 Å². The molecule has 3 aromatic carbocycles. The van der Waals surface area contributed by atoms with Crippen LogP contribution in [0.3, 0.4) is 0 Å². The van der Waals surface area contributed by atoms with Gasteiger partial charge in [0.25, 0.3) is 0 Å². The van der Waals surface area contributed by atoms with Gasteiger partial charge in [-0.3, -0.25) is 9.65 Å². The fraction of sp³-hybridized carbons (Fsp3) is 0.143. The Morgan fingerprint density at radius 1 is 0.792 bits per heavy atom. The molecule has 0 heterocycles. The van der Waals surface area contributed by atoms with E-state index in [1.807, 2.05) is 79.7 Å².